The molecule has 1 saturated heterocycles. The van der Waals surface area contributed by atoms with E-state index in [4.69, 9.17) is 4.74 Å². The van der Waals surface area contributed by atoms with Gasteiger partial charge in [-0.3, -0.25) is 4.79 Å². The van der Waals surface area contributed by atoms with E-state index in [0.29, 0.717) is 0 Å². The fraction of sp³-hybridized carbons (Fsp3) is 0.286. The molecule has 0 bridgehead atoms. The summed E-state index contributed by atoms with van der Waals surface area (Å²) in [5.74, 6) is 3.48. The normalized spacial score (nSPS) is 18.4. The lowest BCUT2D eigenvalue weighted by molar-refractivity contribution is -0.137. The second-order valence-electron chi connectivity index (χ2n) is 6.60. The van der Waals surface area contributed by atoms with Crippen molar-refractivity contribution in [3.8, 4) is 28.7 Å². The number of carbonyl (C=O) groups is 1. The Morgan fingerprint density at radius 3 is 2.61 bits per heavy atom. The van der Waals surface area contributed by atoms with Crippen LogP contribution in [-0.2, 0) is 15.7 Å². The van der Waals surface area contributed by atoms with E-state index in [9.17, 15) is 31.9 Å². The Labute approximate surface area is 173 Å². The zero-order chi connectivity index (χ0) is 22.6. The molecule has 5 nitrogen and oxygen atoms in total. The third kappa shape index (κ3) is 5.93. The average molecular weight is 441 g/mol. The molecule has 0 unspecified atom stereocenters. The van der Waals surface area contributed by atoms with Crippen LogP contribution in [0.3, 0.4) is 0 Å². The van der Waals surface area contributed by atoms with Crippen molar-refractivity contribution in [2.75, 3.05) is 13.2 Å². The first-order valence-electron chi connectivity index (χ1n) is 8.98. The maximum atomic E-state index is 13.6. The molecule has 2 atom stereocenters. The molecule has 1 aliphatic rings. The predicted molar refractivity (Wildman–Crippen MR) is 99.1 cm³/mol. The number of hydrogen-bond donors (Lipinski definition) is 2. The van der Waals surface area contributed by atoms with Gasteiger partial charge in [-0.1, -0.05) is 24.1 Å². The van der Waals surface area contributed by atoms with Crippen molar-refractivity contribution in [3.05, 3.63) is 53.6 Å². The van der Waals surface area contributed by atoms with E-state index in [-0.39, 0.29) is 35.7 Å². The monoisotopic (exact) mass is 441 g/mol. The third-order valence-corrected chi connectivity index (χ3v) is 4.38. The lowest BCUT2D eigenvalue weighted by atomic mass is 9.97. The number of carbonyl (C=O) groups excluding carboxylic acids is 1. The van der Waals surface area contributed by atoms with Crippen molar-refractivity contribution in [2.24, 2.45) is 0 Å². The number of alkyl halides is 5. The van der Waals surface area contributed by atoms with Crippen LogP contribution in [0.4, 0.5) is 22.0 Å². The molecular weight excluding hydrogens is 425 g/mol. The van der Waals surface area contributed by atoms with Gasteiger partial charge in [0.05, 0.1) is 30.9 Å². The third-order valence-electron chi connectivity index (χ3n) is 4.38. The highest BCUT2D eigenvalue weighted by atomic mass is 19.4. The molecule has 1 aliphatic heterocycles. The lowest BCUT2D eigenvalue weighted by Gasteiger charge is -2.14. The first-order chi connectivity index (χ1) is 14.6. The Balaban J connectivity index is 1.87. The molecule has 0 aliphatic carbocycles. The fourth-order valence-corrected chi connectivity index (χ4v) is 2.96. The molecule has 2 aromatic carbocycles. The largest absolute Gasteiger partial charge is 0.435 e. The van der Waals surface area contributed by atoms with Gasteiger partial charge < -0.3 is 19.9 Å². The minimum Gasteiger partial charge on any atom is -0.435 e. The number of rotatable bonds is 4. The van der Waals surface area contributed by atoms with Gasteiger partial charge in [0.2, 0.25) is 0 Å². The average Bonchev–Trinajstić information content (AvgIpc) is 3.09. The molecule has 3 rings (SSSR count). The van der Waals surface area contributed by atoms with Crippen LogP contribution >= 0.6 is 0 Å². The number of aliphatic hydroxyl groups is 1. The number of ether oxygens (including phenoxy) is 2. The summed E-state index contributed by atoms with van der Waals surface area (Å²) in [6, 6.07) is 7.45. The van der Waals surface area contributed by atoms with Crippen LogP contribution in [0.15, 0.2) is 42.5 Å². The number of benzene rings is 2. The quantitative estimate of drug-likeness (QED) is 0.565. The molecule has 1 heterocycles. The Morgan fingerprint density at radius 2 is 1.97 bits per heavy atom. The highest BCUT2D eigenvalue weighted by molar-refractivity contribution is 5.94. The molecule has 0 saturated carbocycles. The van der Waals surface area contributed by atoms with Crippen LogP contribution in [0.5, 0.6) is 5.75 Å². The Hall–Kier alpha value is -3.16. The first kappa shape index (κ1) is 22.5. The second kappa shape index (κ2) is 9.32. The van der Waals surface area contributed by atoms with Crippen molar-refractivity contribution in [3.63, 3.8) is 0 Å². The van der Waals surface area contributed by atoms with E-state index in [2.05, 4.69) is 21.9 Å². The van der Waals surface area contributed by atoms with Crippen LogP contribution in [0.1, 0.15) is 11.1 Å². The van der Waals surface area contributed by atoms with Crippen molar-refractivity contribution in [1.82, 2.24) is 5.32 Å². The Kier molecular flexibility index (Phi) is 6.77. The van der Waals surface area contributed by atoms with E-state index in [0.717, 1.165) is 18.2 Å². The van der Waals surface area contributed by atoms with E-state index < -0.39 is 36.4 Å². The van der Waals surface area contributed by atoms with Gasteiger partial charge >= 0.3 is 12.8 Å². The molecule has 31 heavy (non-hydrogen) atoms. The van der Waals surface area contributed by atoms with Gasteiger partial charge in [-0.05, 0) is 35.4 Å². The van der Waals surface area contributed by atoms with E-state index >= 15 is 0 Å². The molecular formula is C21H16F5NO4. The maximum absolute atomic E-state index is 13.6. The van der Waals surface area contributed by atoms with Crippen molar-refractivity contribution >= 4 is 5.91 Å². The maximum Gasteiger partial charge on any atom is 0.417 e. The van der Waals surface area contributed by atoms with Gasteiger partial charge in [0.25, 0.3) is 5.91 Å². The van der Waals surface area contributed by atoms with Crippen LogP contribution in [0.2, 0.25) is 0 Å². The molecule has 10 heteroatoms. The molecule has 0 radical (unpaired) electrons. The summed E-state index contributed by atoms with van der Waals surface area (Å²) in [5, 5.41) is 12.0. The van der Waals surface area contributed by atoms with Crippen molar-refractivity contribution in [2.45, 2.75) is 24.9 Å². The minimum atomic E-state index is -4.76. The predicted octanol–water partition coefficient (Wildman–Crippen LogP) is 3.20. The van der Waals surface area contributed by atoms with Gasteiger partial charge in [-0.15, -0.1) is 0 Å². The highest BCUT2D eigenvalue weighted by Gasteiger charge is 2.34. The van der Waals surface area contributed by atoms with E-state index in [1.54, 1.807) is 0 Å². The summed E-state index contributed by atoms with van der Waals surface area (Å²) >= 11 is 0. The number of nitrogens with one attached hydrogen (secondary N) is 1. The van der Waals surface area contributed by atoms with Crippen molar-refractivity contribution in [1.29, 1.82) is 0 Å². The number of amides is 1. The summed E-state index contributed by atoms with van der Waals surface area (Å²) < 4.78 is 74.9. The Bertz CT molecular complexity index is 1010. The number of hydrogen-bond acceptors (Lipinski definition) is 4. The van der Waals surface area contributed by atoms with Gasteiger partial charge in [-0.2, -0.15) is 22.0 Å². The lowest BCUT2D eigenvalue weighted by Crippen LogP contribution is -2.41. The molecule has 164 valence electrons. The summed E-state index contributed by atoms with van der Waals surface area (Å²) in [7, 11) is 0. The molecule has 0 spiro atoms. The van der Waals surface area contributed by atoms with E-state index in [1.807, 2.05) is 0 Å². The number of halogens is 5. The van der Waals surface area contributed by atoms with Gasteiger partial charge in [0.15, 0.2) is 0 Å². The Morgan fingerprint density at radius 1 is 1.19 bits per heavy atom. The van der Waals surface area contributed by atoms with Gasteiger partial charge in [-0.25, -0.2) is 0 Å². The molecule has 2 N–H and O–H groups in total. The number of aliphatic hydroxyl groups excluding tert-OH is 1. The van der Waals surface area contributed by atoms with Crippen LogP contribution in [-0.4, -0.2) is 43.0 Å². The van der Waals surface area contributed by atoms with Crippen LogP contribution in [0.25, 0.3) is 11.1 Å². The standard InChI is InChI=1S/C21H16F5NO4/c22-20(23)31-14-3-1-2-13(9-14)15-6-4-12(8-16(15)21(24,25)26)5-7-19(29)27-17-10-30-11-18(17)28/h1-4,6,8-9,17-18,20,28H,10-11H2,(H,27,29)/t17-,18+/m1/s1. The smallest absolute Gasteiger partial charge is 0.417 e. The summed E-state index contributed by atoms with van der Waals surface area (Å²) in [4.78, 5) is 11.9. The summed E-state index contributed by atoms with van der Waals surface area (Å²) in [6.45, 7) is -2.94. The zero-order valence-corrected chi connectivity index (χ0v) is 15.7. The zero-order valence-electron chi connectivity index (χ0n) is 15.7. The van der Waals surface area contributed by atoms with Gasteiger partial charge in [0.1, 0.15) is 5.75 Å². The van der Waals surface area contributed by atoms with Crippen LogP contribution < -0.4 is 10.1 Å². The molecule has 0 aromatic heterocycles. The highest BCUT2D eigenvalue weighted by Crippen LogP contribution is 2.38. The molecule has 1 amide bonds. The topological polar surface area (TPSA) is 67.8 Å². The fourth-order valence-electron chi connectivity index (χ4n) is 2.96. The minimum absolute atomic E-state index is 0.0259. The second-order valence-corrected chi connectivity index (χ2v) is 6.60. The van der Waals surface area contributed by atoms with E-state index in [1.165, 1.54) is 24.3 Å². The van der Waals surface area contributed by atoms with Crippen molar-refractivity contribution < 1.29 is 41.3 Å². The molecule has 1 fully saturated rings. The summed E-state index contributed by atoms with van der Waals surface area (Å²) in [6.07, 6.45) is -5.65. The van der Waals surface area contributed by atoms with Gasteiger partial charge in [0, 0.05) is 11.5 Å². The SMILES string of the molecule is O=C(C#Cc1ccc(-c2cccc(OC(F)F)c2)c(C(F)(F)F)c1)N[C@@H]1COC[C@@H]1O. The van der Waals surface area contributed by atoms with Crippen LogP contribution in [0, 0.1) is 11.8 Å². The summed E-state index contributed by atoms with van der Waals surface area (Å²) in [5.41, 5.74) is -1.35. The first-order valence-corrected chi connectivity index (χ1v) is 8.98. The molecule has 2 aromatic rings.